The number of nitrogens with one attached hydrogen (secondary N) is 1. The minimum Gasteiger partial charge on any atom is -0.330 e. The molecule has 0 radical (unpaired) electrons. The van der Waals surface area contributed by atoms with Gasteiger partial charge in [0.25, 0.3) is 0 Å². The fourth-order valence-electron chi connectivity index (χ4n) is 0.495. The molecular weight excluding hydrogens is 122 g/mol. The summed E-state index contributed by atoms with van der Waals surface area (Å²) in [6, 6.07) is 0.463. The topological polar surface area (TPSA) is 32.3 Å². The van der Waals surface area contributed by atoms with Crippen LogP contribution in [0.15, 0.2) is 0 Å². The lowest BCUT2D eigenvalue weighted by molar-refractivity contribution is 0.583. The van der Waals surface area contributed by atoms with Crippen molar-refractivity contribution in [1.82, 2.24) is 5.32 Å². The largest absolute Gasteiger partial charge is 0.330 e. The number of rotatable bonds is 4. The summed E-state index contributed by atoms with van der Waals surface area (Å²) in [5, 5.41) is 3.07. The molecule has 50 valence electrons. The minimum absolute atomic E-state index is 0.463. The lowest BCUT2D eigenvalue weighted by atomic mass is 10.3. The van der Waals surface area contributed by atoms with E-state index in [1.54, 1.807) is 0 Å². The first-order valence-electron chi connectivity index (χ1n) is 2.78. The molecule has 0 bridgehead atoms. The van der Waals surface area contributed by atoms with E-state index < -0.39 is 0 Å². The first kappa shape index (κ1) is 8.27. The Labute approximate surface area is 54.9 Å². The van der Waals surface area contributed by atoms with E-state index in [1.807, 2.05) is 7.05 Å². The molecule has 0 heterocycles. The van der Waals surface area contributed by atoms with Crippen LogP contribution >= 0.6 is 12.0 Å². The van der Waals surface area contributed by atoms with Crippen molar-refractivity contribution in [3.63, 3.8) is 0 Å². The molecule has 0 aliphatic heterocycles. The Bertz CT molecular complexity index is 47.7. The summed E-state index contributed by atoms with van der Waals surface area (Å²) in [7, 11) is 1.91. The molecule has 0 saturated carbocycles. The van der Waals surface area contributed by atoms with E-state index in [0.717, 1.165) is 24.2 Å². The Kier molecular flexibility index (Phi) is 5.59. The maximum absolute atomic E-state index is 8.38. The minimum atomic E-state index is 0.463. The van der Waals surface area contributed by atoms with Gasteiger partial charge in [0.2, 0.25) is 0 Å². The van der Waals surface area contributed by atoms with Crippen LogP contribution in [0, 0.1) is 0 Å². The molecule has 0 spiro atoms. The lowest BCUT2D eigenvalue weighted by Crippen LogP contribution is -2.26. The lowest BCUT2D eigenvalue weighted by Gasteiger charge is -2.09. The van der Waals surface area contributed by atoms with Gasteiger partial charge in [0.1, 0.15) is 0 Å². The molecule has 0 aromatic rings. The first-order valence-corrected chi connectivity index (χ1v) is 3.73. The summed E-state index contributed by atoms with van der Waals surface area (Å²) in [6.45, 7) is 2.09. The van der Waals surface area contributed by atoms with Crippen molar-refractivity contribution in [2.75, 3.05) is 12.8 Å². The van der Waals surface area contributed by atoms with Gasteiger partial charge < -0.3 is 9.87 Å². The van der Waals surface area contributed by atoms with Crippen molar-refractivity contribution in [1.29, 1.82) is 0 Å². The molecule has 0 fully saturated rings. The van der Waals surface area contributed by atoms with Crippen LogP contribution in [-0.2, 0) is 0 Å². The van der Waals surface area contributed by atoms with Gasteiger partial charge in [-0.25, -0.2) is 0 Å². The van der Waals surface area contributed by atoms with Gasteiger partial charge in [-0.1, -0.05) is 6.92 Å². The fraction of sp³-hybridized carbons (Fsp3) is 1.00. The first-order chi connectivity index (χ1) is 3.85. The summed E-state index contributed by atoms with van der Waals surface area (Å²) < 4.78 is 8.38. The molecule has 2 nitrogen and oxygen atoms in total. The zero-order chi connectivity index (χ0) is 6.41. The molecule has 8 heavy (non-hydrogen) atoms. The highest BCUT2D eigenvalue weighted by Crippen LogP contribution is 1.98. The third-order valence-electron chi connectivity index (χ3n) is 1.18. The van der Waals surface area contributed by atoms with Gasteiger partial charge in [-0.05, 0) is 25.5 Å². The molecule has 3 heteroatoms. The Balaban J connectivity index is 3.07. The Morgan fingerprint density at radius 3 is 2.50 bits per heavy atom. The van der Waals surface area contributed by atoms with Crippen LogP contribution in [0.2, 0.25) is 0 Å². The second-order valence-corrected chi connectivity index (χ2v) is 2.28. The molecule has 0 amide bonds. The van der Waals surface area contributed by atoms with E-state index in [2.05, 4.69) is 12.2 Å². The third-order valence-corrected chi connectivity index (χ3v) is 1.73. The van der Waals surface area contributed by atoms with E-state index >= 15 is 0 Å². The van der Waals surface area contributed by atoms with Gasteiger partial charge in [0.05, 0.1) is 0 Å². The summed E-state index contributed by atoms with van der Waals surface area (Å²) in [5.74, 6) is 0.785. The normalized spacial score (nSPS) is 13.9. The Morgan fingerprint density at radius 2 is 2.38 bits per heavy atom. The summed E-state index contributed by atoms with van der Waals surface area (Å²) >= 11 is 0.896. The van der Waals surface area contributed by atoms with Crippen molar-refractivity contribution in [2.24, 2.45) is 0 Å². The predicted octanol–water partition coefficient (Wildman–Crippen LogP) is 1.19. The molecule has 0 aliphatic rings. The van der Waals surface area contributed by atoms with E-state index in [4.69, 9.17) is 4.55 Å². The maximum Gasteiger partial charge on any atom is 0.0349 e. The zero-order valence-corrected chi connectivity index (χ0v) is 6.16. The molecular formula is C5H13NOS. The summed E-state index contributed by atoms with van der Waals surface area (Å²) in [6.07, 6.45) is 1.07. The standard InChI is InChI=1S/C5H13NOS/c1-3-5(6-2)4-8-7/h5-7H,3-4H2,1-2H3. The zero-order valence-electron chi connectivity index (χ0n) is 5.35. The molecule has 1 atom stereocenters. The van der Waals surface area contributed by atoms with Crippen molar-refractivity contribution < 1.29 is 4.55 Å². The van der Waals surface area contributed by atoms with Crippen LogP contribution in [-0.4, -0.2) is 23.4 Å². The van der Waals surface area contributed by atoms with E-state index in [9.17, 15) is 0 Å². The smallest absolute Gasteiger partial charge is 0.0349 e. The summed E-state index contributed by atoms with van der Waals surface area (Å²) in [4.78, 5) is 0. The summed E-state index contributed by atoms with van der Waals surface area (Å²) in [5.41, 5.74) is 0. The highest BCUT2D eigenvalue weighted by atomic mass is 32.2. The van der Waals surface area contributed by atoms with Crippen LogP contribution in [0.5, 0.6) is 0 Å². The van der Waals surface area contributed by atoms with Gasteiger partial charge in [-0.3, -0.25) is 0 Å². The van der Waals surface area contributed by atoms with Crippen molar-refractivity contribution in [2.45, 2.75) is 19.4 Å². The molecule has 0 saturated heterocycles. The average Bonchev–Trinajstić information content (AvgIpc) is 1.83. The molecule has 1 unspecified atom stereocenters. The maximum atomic E-state index is 8.38. The van der Waals surface area contributed by atoms with Gasteiger partial charge >= 0.3 is 0 Å². The van der Waals surface area contributed by atoms with E-state index in [1.165, 1.54) is 0 Å². The second kappa shape index (κ2) is 5.41. The van der Waals surface area contributed by atoms with Crippen LogP contribution in [0.3, 0.4) is 0 Å². The van der Waals surface area contributed by atoms with Crippen molar-refractivity contribution in [3.05, 3.63) is 0 Å². The fourth-order valence-corrected chi connectivity index (χ4v) is 1.08. The Morgan fingerprint density at radius 1 is 1.75 bits per heavy atom. The molecule has 2 N–H and O–H groups in total. The molecule has 0 aromatic heterocycles. The van der Waals surface area contributed by atoms with Gasteiger partial charge in [-0.2, -0.15) is 0 Å². The highest BCUT2D eigenvalue weighted by Gasteiger charge is 1.99. The number of hydrogen-bond donors (Lipinski definition) is 2. The van der Waals surface area contributed by atoms with Crippen LogP contribution in [0.4, 0.5) is 0 Å². The van der Waals surface area contributed by atoms with E-state index in [-0.39, 0.29) is 0 Å². The third kappa shape index (κ3) is 3.29. The van der Waals surface area contributed by atoms with Gasteiger partial charge in [-0.15, -0.1) is 0 Å². The molecule has 0 rings (SSSR count). The SMILES string of the molecule is CCC(CSO)NC. The van der Waals surface area contributed by atoms with Gasteiger partial charge in [0.15, 0.2) is 0 Å². The van der Waals surface area contributed by atoms with Gasteiger partial charge in [0, 0.05) is 11.8 Å². The Hall–Kier alpha value is 0.270. The van der Waals surface area contributed by atoms with Crippen LogP contribution < -0.4 is 5.32 Å². The predicted molar refractivity (Wildman–Crippen MR) is 38.2 cm³/mol. The van der Waals surface area contributed by atoms with Crippen LogP contribution in [0.1, 0.15) is 13.3 Å². The van der Waals surface area contributed by atoms with Crippen LogP contribution in [0.25, 0.3) is 0 Å². The second-order valence-electron chi connectivity index (χ2n) is 1.69. The van der Waals surface area contributed by atoms with E-state index in [0.29, 0.717) is 6.04 Å². The van der Waals surface area contributed by atoms with Crippen molar-refractivity contribution in [3.8, 4) is 0 Å². The highest BCUT2D eigenvalue weighted by molar-refractivity contribution is 7.93. The molecule has 0 aliphatic carbocycles. The van der Waals surface area contributed by atoms with Crippen molar-refractivity contribution >= 4 is 12.0 Å². The quantitative estimate of drug-likeness (QED) is 0.568. The monoisotopic (exact) mass is 135 g/mol. The molecule has 0 aromatic carbocycles. The number of hydrogen-bond acceptors (Lipinski definition) is 3. The average molecular weight is 135 g/mol.